The largest absolute Gasteiger partial charge is 0.495 e. The third-order valence-electron chi connectivity index (χ3n) is 2.20. The normalized spacial score (nSPS) is 10.2. The molecule has 2 aromatic rings. The van der Waals surface area contributed by atoms with Crippen LogP contribution >= 0.6 is 22.9 Å². The minimum atomic E-state index is 0.516. The van der Waals surface area contributed by atoms with Gasteiger partial charge in [0.1, 0.15) is 10.9 Å². The maximum absolute atomic E-state index is 5.81. The Morgan fingerprint density at radius 2 is 2.12 bits per heavy atom. The number of methoxy groups -OCH3 is 1. The Labute approximate surface area is 103 Å². The van der Waals surface area contributed by atoms with Crippen LogP contribution in [-0.4, -0.2) is 19.1 Å². The summed E-state index contributed by atoms with van der Waals surface area (Å²) in [6, 6.07) is 7.80. The summed E-state index contributed by atoms with van der Waals surface area (Å²) in [4.78, 5) is 6.17. The second-order valence-corrected chi connectivity index (χ2v) is 4.41. The molecule has 0 amide bonds. The first kappa shape index (κ1) is 11.2. The Kier molecular flexibility index (Phi) is 3.31. The second kappa shape index (κ2) is 4.72. The van der Waals surface area contributed by atoms with Crippen LogP contribution < -0.4 is 9.64 Å². The lowest BCUT2D eigenvalue weighted by Gasteiger charge is -2.18. The molecule has 5 heteroatoms. The molecule has 0 aliphatic heterocycles. The molecule has 0 fully saturated rings. The molecule has 0 atom stereocenters. The quantitative estimate of drug-likeness (QED) is 0.837. The van der Waals surface area contributed by atoms with Gasteiger partial charge in [-0.1, -0.05) is 23.7 Å². The first-order valence-corrected chi connectivity index (χ1v) is 5.96. The average Bonchev–Trinajstić information content (AvgIpc) is 2.75. The van der Waals surface area contributed by atoms with Crippen LogP contribution in [0.25, 0.3) is 0 Å². The van der Waals surface area contributed by atoms with Crippen molar-refractivity contribution in [3.63, 3.8) is 0 Å². The van der Waals surface area contributed by atoms with Crippen molar-refractivity contribution in [2.45, 2.75) is 0 Å². The van der Waals surface area contributed by atoms with Crippen molar-refractivity contribution in [2.75, 3.05) is 19.1 Å². The highest BCUT2D eigenvalue weighted by molar-refractivity contribution is 7.14. The molecule has 0 unspecified atom stereocenters. The highest BCUT2D eigenvalue weighted by Gasteiger charge is 2.12. The molecule has 0 radical (unpaired) electrons. The average molecular weight is 255 g/mol. The van der Waals surface area contributed by atoms with Crippen LogP contribution in [0.1, 0.15) is 0 Å². The van der Waals surface area contributed by atoms with Crippen molar-refractivity contribution in [3.05, 3.63) is 34.8 Å². The molecule has 16 heavy (non-hydrogen) atoms. The lowest BCUT2D eigenvalue weighted by atomic mass is 10.3. The number of nitrogens with zero attached hydrogens (tertiary/aromatic N) is 2. The number of para-hydroxylation sites is 2. The first-order valence-electron chi connectivity index (χ1n) is 4.70. The van der Waals surface area contributed by atoms with Gasteiger partial charge in [-0.05, 0) is 12.1 Å². The summed E-state index contributed by atoms with van der Waals surface area (Å²) in [5, 5.41) is 3.17. The summed E-state index contributed by atoms with van der Waals surface area (Å²) in [6.45, 7) is 0. The van der Waals surface area contributed by atoms with E-state index in [0.717, 1.165) is 16.6 Å². The molecule has 0 saturated heterocycles. The summed E-state index contributed by atoms with van der Waals surface area (Å²) in [7, 11) is 3.59. The summed E-state index contributed by atoms with van der Waals surface area (Å²) in [5.74, 6) is 0.816. The zero-order valence-electron chi connectivity index (χ0n) is 8.98. The fourth-order valence-corrected chi connectivity index (χ4v) is 2.34. The van der Waals surface area contributed by atoms with E-state index in [0.29, 0.717) is 5.15 Å². The van der Waals surface area contributed by atoms with Gasteiger partial charge in [-0.3, -0.25) is 0 Å². The summed E-state index contributed by atoms with van der Waals surface area (Å²) in [5.41, 5.74) is 0.969. The number of ether oxygens (including phenoxy) is 1. The molecule has 2 rings (SSSR count). The third kappa shape index (κ3) is 2.13. The molecule has 0 N–H and O–H groups in total. The van der Waals surface area contributed by atoms with E-state index in [1.54, 1.807) is 7.11 Å². The summed E-state index contributed by atoms with van der Waals surface area (Å²) < 4.78 is 5.30. The molecule has 0 spiro atoms. The van der Waals surface area contributed by atoms with E-state index < -0.39 is 0 Å². The fourth-order valence-electron chi connectivity index (χ4n) is 1.41. The minimum Gasteiger partial charge on any atom is -0.495 e. The van der Waals surface area contributed by atoms with Gasteiger partial charge >= 0.3 is 0 Å². The first-order chi connectivity index (χ1) is 7.72. The van der Waals surface area contributed by atoms with Crippen LogP contribution in [0.2, 0.25) is 5.15 Å². The number of anilines is 2. The van der Waals surface area contributed by atoms with Gasteiger partial charge in [0.15, 0.2) is 5.13 Å². The Bertz CT molecular complexity index is 486. The van der Waals surface area contributed by atoms with Crippen LogP contribution in [0.3, 0.4) is 0 Å². The number of benzene rings is 1. The lowest BCUT2D eigenvalue weighted by Crippen LogP contribution is -2.10. The van der Waals surface area contributed by atoms with E-state index in [1.165, 1.54) is 11.3 Å². The van der Waals surface area contributed by atoms with Crippen molar-refractivity contribution < 1.29 is 4.74 Å². The highest BCUT2D eigenvalue weighted by Crippen LogP contribution is 2.34. The predicted molar refractivity (Wildman–Crippen MR) is 68.2 cm³/mol. The summed E-state index contributed by atoms with van der Waals surface area (Å²) >= 11 is 7.31. The number of hydrogen-bond donors (Lipinski definition) is 0. The van der Waals surface area contributed by atoms with Crippen LogP contribution in [0.5, 0.6) is 5.75 Å². The SMILES string of the molecule is COc1ccccc1N(C)c1nc(Cl)cs1. The zero-order valence-corrected chi connectivity index (χ0v) is 10.5. The molecule has 0 saturated carbocycles. The molecule has 0 aliphatic rings. The third-order valence-corrected chi connectivity index (χ3v) is 3.44. The molecule has 1 aromatic heterocycles. The number of aromatic nitrogens is 1. The van der Waals surface area contributed by atoms with E-state index in [2.05, 4.69) is 4.98 Å². The standard InChI is InChI=1S/C11H11ClN2OS/c1-14(11-13-10(12)7-16-11)8-5-3-4-6-9(8)15-2/h3-7H,1-2H3. The molecule has 1 heterocycles. The predicted octanol–water partition coefficient (Wildman–Crippen LogP) is 3.57. The lowest BCUT2D eigenvalue weighted by molar-refractivity contribution is 0.415. The van der Waals surface area contributed by atoms with Crippen LogP contribution in [0.4, 0.5) is 10.8 Å². The maximum atomic E-state index is 5.81. The topological polar surface area (TPSA) is 25.4 Å². The number of thiazole rings is 1. The highest BCUT2D eigenvalue weighted by atomic mass is 35.5. The maximum Gasteiger partial charge on any atom is 0.191 e. The van der Waals surface area contributed by atoms with E-state index >= 15 is 0 Å². The molecule has 84 valence electrons. The number of hydrogen-bond acceptors (Lipinski definition) is 4. The monoisotopic (exact) mass is 254 g/mol. The Balaban J connectivity index is 2.36. The van der Waals surface area contributed by atoms with Gasteiger partial charge in [-0.15, -0.1) is 11.3 Å². The molecular formula is C11H11ClN2OS. The van der Waals surface area contributed by atoms with Gasteiger partial charge in [0.2, 0.25) is 0 Å². The van der Waals surface area contributed by atoms with Crippen molar-refractivity contribution in [1.29, 1.82) is 0 Å². The van der Waals surface area contributed by atoms with Crippen molar-refractivity contribution in [2.24, 2.45) is 0 Å². The Morgan fingerprint density at radius 3 is 2.75 bits per heavy atom. The van der Waals surface area contributed by atoms with Crippen LogP contribution in [0.15, 0.2) is 29.6 Å². The number of halogens is 1. The van der Waals surface area contributed by atoms with Gasteiger partial charge in [0.05, 0.1) is 12.8 Å². The van der Waals surface area contributed by atoms with Gasteiger partial charge in [-0.25, -0.2) is 4.98 Å². The minimum absolute atomic E-state index is 0.516. The van der Waals surface area contributed by atoms with E-state index in [1.807, 2.05) is 41.6 Å². The summed E-state index contributed by atoms with van der Waals surface area (Å²) in [6.07, 6.45) is 0. The van der Waals surface area contributed by atoms with E-state index in [-0.39, 0.29) is 0 Å². The Morgan fingerprint density at radius 1 is 1.38 bits per heavy atom. The smallest absolute Gasteiger partial charge is 0.191 e. The van der Waals surface area contributed by atoms with Crippen molar-refractivity contribution in [3.8, 4) is 5.75 Å². The fraction of sp³-hybridized carbons (Fsp3) is 0.182. The van der Waals surface area contributed by atoms with E-state index in [4.69, 9.17) is 16.3 Å². The zero-order chi connectivity index (χ0) is 11.5. The van der Waals surface area contributed by atoms with Gasteiger partial charge in [0.25, 0.3) is 0 Å². The van der Waals surface area contributed by atoms with Crippen molar-refractivity contribution >= 4 is 33.8 Å². The van der Waals surface area contributed by atoms with Gasteiger partial charge in [0, 0.05) is 12.4 Å². The molecule has 1 aromatic carbocycles. The molecular weight excluding hydrogens is 244 g/mol. The van der Waals surface area contributed by atoms with Crippen LogP contribution in [0, 0.1) is 0 Å². The van der Waals surface area contributed by atoms with Gasteiger partial charge in [-0.2, -0.15) is 0 Å². The number of rotatable bonds is 3. The Hall–Kier alpha value is -1.26. The van der Waals surface area contributed by atoms with E-state index in [9.17, 15) is 0 Å². The van der Waals surface area contributed by atoms with Crippen LogP contribution in [-0.2, 0) is 0 Å². The second-order valence-electron chi connectivity index (χ2n) is 3.18. The molecule has 0 aliphatic carbocycles. The molecule has 3 nitrogen and oxygen atoms in total. The van der Waals surface area contributed by atoms with Crippen molar-refractivity contribution in [1.82, 2.24) is 4.98 Å². The van der Waals surface area contributed by atoms with Gasteiger partial charge < -0.3 is 9.64 Å². The molecule has 0 bridgehead atoms.